The Hall–Kier alpha value is -4.74. The molecule has 1 aliphatic rings. The molecule has 0 aromatic heterocycles. The molecule has 374 valence electrons. The van der Waals surface area contributed by atoms with Gasteiger partial charge in [-0.05, 0) is 70.4 Å². The minimum atomic E-state index is -0.913. The van der Waals surface area contributed by atoms with Crippen molar-refractivity contribution in [2.24, 2.45) is 17.8 Å². The Morgan fingerprint density at radius 1 is 0.909 bits per heavy atom. The molecule has 66 heavy (non-hydrogen) atoms. The van der Waals surface area contributed by atoms with E-state index in [0.29, 0.717) is 38.0 Å². The summed E-state index contributed by atoms with van der Waals surface area (Å²) in [5.41, 5.74) is 1.41. The number of methoxy groups -OCH3 is 3. The summed E-state index contributed by atoms with van der Waals surface area (Å²) in [5, 5.41) is 8.53. The fraction of sp³-hybridized carbons (Fsp3) is 0.714. The van der Waals surface area contributed by atoms with Crippen molar-refractivity contribution in [2.75, 3.05) is 68.3 Å². The van der Waals surface area contributed by atoms with Crippen LogP contribution >= 0.6 is 0 Å². The minimum absolute atomic E-state index is 0.0390. The Balaban J connectivity index is 2.20. The van der Waals surface area contributed by atoms with E-state index in [1.54, 1.807) is 56.5 Å². The Kier molecular flexibility index (Phi) is 24.2. The second-order valence-electron chi connectivity index (χ2n) is 18.9. The lowest BCUT2D eigenvalue weighted by molar-refractivity contribution is -0.148. The molecule has 17 nitrogen and oxygen atoms in total. The van der Waals surface area contributed by atoms with Crippen LogP contribution in [0.25, 0.3) is 0 Å². The molecule has 17 heteroatoms. The van der Waals surface area contributed by atoms with E-state index in [-0.39, 0.29) is 56.3 Å². The van der Waals surface area contributed by atoms with Crippen molar-refractivity contribution < 1.29 is 52.5 Å². The third kappa shape index (κ3) is 17.5. The van der Waals surface area contributed by atoms with Crippen LogP contribution < -0.4 is 16.0 Å². The zero-order valence-corrected chi connectivity index (χ0v) is 42.5. The quantitative estimate of drug-likeness (QED) is 0.0659. The zero-order chi connectivity index (χ0) is 49.9. The third-order valence-electron chi connectivity index (χ3n) is 12.1. The number of rotatable bonds is 26. The van der Waals surface area contributed by atoms with E-state index in [4.69, 9.17) is 23.7 Å². The van der Waals surface area contributed by atoms with Crippen LogP contribution in [0.4, 0.5) is 4.79 Å². The van der Waals surface area contributed by atoms with Crippen molar-refractivity contribution in [3.8, 4) is 0 Å². The van der Waals surface area contributed by atoms with Gasteiger partial charge in [0.05, 0.1) is 57.0 Å². The van der Waals surface area contributed by atoms with E-state index in [2.05, 4.69) is 16.0 Å². The van der Waals surface area contributed by atoms with Crippen molar-refractivity contribution in [1.29, 1.82) is 0 Å². The van der Waals surface area contributed by atoms with Crippen LogP contribution in [0.5, 0.6) is 0 Å². The molecule has 2 rings (SSSR count). The molecule has 1 fully saturated rings. The van der Waals surface area contributed by atoms with E-state index in [1.807, 2.05) is 71.9 Å². The van der Waals surface area contributed by atoms with Gasteiger partial charge in [0.1, 0.15) is 23.4 Å². The van der Waals surface area contributed by atoms with Crippen molar-refractivity contribution in [1.82, 2.24) is 30.7 Å². The first-order valence-electron chi connectivity index (χ1n) is 23.3. The van der Waals surface area contributed by atoms with E-state index in [9.17, 15) is 28.8 Å². The van der Waals surface area contributed by atoms with Gasteiger partial charge in [0, 0.05) is 54.4 Å². The highest BCUT2D eigenvalue weighted by Crippen LogP contribution is 2.30. The number of nitrogens with one attached hydrogen (secondary N) is 3. The number of carbonyl (C=O) groups excluding carboxylic acids is 6. The van der Waals surface area contributed by atoms with E-state index < -0.39 is 71.8 Å². The average Bonchev–Trinajstić information content (AvgIpc) is 3.75. The second kappa shape index (κ2) is 27.8. The summed E-state index contributed by atoms with van der Waals surface area (Å²) in [6.45, 7) is 20.2. The highest BCUT2D eigenvalue weighted by atomic mass is 16.6. The first kappa shape index (κ1) is 57.4. The van der Waals surface area contributed by atoms with Gasteiger partial charge in [-0.15, -0.1) is 0 Å². The maximum absolute atomic E-state index is 14.6. The fourth-order valence-electron chi connectivity index (χ4n) is 8.47. The number of likely N-dealkylation sites (N-methyl/N-ethyl adjacent to an activating group) is 2. The standard InChI is InChI=1S/C49H82N6O11/c1-16-33(6)42(54(12)46(59)40(31(2)3)52-45(58)41(32(4)5)53(11)26-28-65-27-24-50-48(61)66-49(8,9)10)38(62-13)30-39(56)55-25-20-23-37(55)43(63-14)34(7)44(57)51-36(47(60)64-15)29-35-21-18-17-19-22-35/h17-19,21-22,31,33-34,36-38,40,42-43H,16,20,23-30H2,1-15H3,(H,50,61)(H,51,57)(H,52,58)/t33-,34+,36-,37?,38+,40-,42-,43+/m0/s1. The van der Waals surface area contributed by atoms with Crippen molar-refractivity contribution in [2.45, 2.75) is 143 Å². The van der Waals surface area contributed by atoms with E-state index in [1.165, 1.54) is 21.3 Å². The molecule has 1 unspecified atom stereocenters. The normalized spacial score (nSPS) is 17.0. The predicted octanol–water partition coefficient (Wildman–Crippen LogP) is 4.72. The number of alkyl carbamates (subject to hydrolysis) is 1. The van der Waals surface area contributed by atoms with Crippen molar-refractivity contribution >= 4 is 35.7 Å². The minimum Gasteiger partial charge on any atom is -0.467 e. The Morgan fingerprint density at radius 2 is 1.56 bits per heavy atom. The van der Waals surface area contributed by atoms with E-state index >= 15 is 0 Å². The third-order valence-corrected chi connectivity index (χ3v) is 12.1. The molecule has 0 radical (unpaired) electrons. The van der Waals surface area contributed by atoms with Crippen molar-refractivity contribution in [3.63, 3.8) is 0 Å². The maximum atomic E-state index is 14.6. The van der Waals surface area contributed by atoms with Gasteiger partial charge in [0.25, 0.3) is 5.91 Å². The number of amides is 5. The lowest BCUT2D eigenvalue weighted by Crippen LogP contribution is -2.58. The predicted molar refractivity (Wildman–Crippen MR) is 253 cm³/mol. The van der Waals surface area contributed by atoms with Gasteiger partial charge in [-0.3, -0.25) is 19.2 Å². The molecule has 1 saturated heterocycles. The average molecular weight is 931 g/mol. The number of nitrogens with zero attached hydrogens (tertiary/aromatic N) is 3. The number of likely N-dealkylation sites (tertiary alicyclic amines) is 1. The fourth-order valence-corrected chi connectivity index (χ4v) is 8.47. The number of esters is 1. The number of carbonyl (C=O) groups is 6. The SMILES string of the molecule is CC[C@H](C)[C@@H]([C@@H](CC(=O)N1CCCC1[C@H](OC)[C@@H](C)C(=O)N[C@@H](Cc1ccccc1)C(=O)OC)OC)N(C)C(=O)[C@@H](NC(=O)C(=C(C)C)N(C)CCOCCNC(=O)OC(C)(C)C)C(C)C. The molecule has 0 spiro atoms. The summed E-state index contributed by atoms with van der Waals surface area (Å²) in [7, 11) is 7.81. The number of allylic oxidation sites excluding steroid dienone is 1. The number of ether oxygens (including phenoxy) is 5. The van der Waals surface area contributed by atoms with Crippen LogP contribution in [0.3, 0.4) is 0 Å². The Morgan fingerprint density at radius 3 is 2.11 bits per heavy atom. The van der Waals surface area contributed by atoms with Gasteiger partial charge in [0.2, 0.25) is 17.7 Å². The van der Waals surface area contributed by atoms with E-state index in [0.717, 1.165) is 11.1 Å². The summed E-state index contributed by atoms with van der Waals surface area (Å²) in [6.07, 6.45) is 0.295. The van der Waals surface area contributed by atoms with Gasteiger partial charge in [-0.2, -0.15) is 0 Å². The highest BCUT2D eigenvalue weighted by Gasteiger charge is 2.43. The highest BCUT2D eigenvalue weighted by molar-refractivity contribution is 5.97. The lowest BCUT2D eigenvalue weighted by Gasteiger charge is -2.41. The van der Waals surface area contributed by atoms with Crippen LogP contribution in [0.1, 0.15) is 100 Å². The summed E-state index contributed by atoms with van der Waals surface area (Å²) in [6, 6.07) is 6.57. The molecule has 1 aromatic rings. The molecular formula is C49H82N6O11. The zero-order valence-electron chi connectivity index (χ0n) is 42.5. The van der Waals surface area contributed by atoms with Gasteiger partial charge in [-0.25, -0.2) is 9.59 Å². The number of hydrogen-bond acceptors (Lipinski definition) is 12. The molecule has 1 aromatic carbocycles. The molecule has 8 atom stereocenters. The van der Waals surface area contributed by atoms with Crippen LogP contribution in [0, 0.1) is 17.8 Å². The second-order valence-corrected chi connectivity index (χ2v) is 18.9. The van der Waals surface area contributed by atoms with Gasteiger partial charge >= 0.3 is 12.1 Å². The summed E-state index contributed by atoms with van der Waals surface area (Å²) in [4.78, 5) is 86.5. The Labute approximate surface area is 394 Å². The molecule has 1 aliphatic heterocycles. The lowest BCUT2D eigenvalue weighted by atomic mass is 9.89. The van der Waals surface area contributed by atoms with Crippen LogP contribution in [0.15, 0.2) is 41.6 Å². The monoisotopic (exact) mass is 931 g/mol. The Bertz CT molecular complexity index is 1750. The molecule has 0 bridgehead atoms. The van der Waals surface area contributed by atoms with Gasteiger partial charge in [-0.1, -0.05) is 71.4 Å². The maximum Gasteiger partial charge on any atom is 0.407 e. The molecule has 0 aliphatic carbocycles. The molecule has 5 amide bonds. The molecule has 3 N–H and O–H groups in total. The van der Waals surface area contributed by atoms with Crippen LogP contribution in [-0.2, 0) is 54.1 Å². The molecule has 0 saturated carbocycles. The first-order valence-corrected chi connectivity index (χ1v) is 23.3. The first-order chi connectivity index (χ1) is 31.0. The largest absolute Gasteiger partial charge is 0.467 e. The van der Waals surface area contributed by atoms with Gasteiger partial charge in [0.15, 0.2) is 0 Å². The van der Waals surface area contributed by atoms with Gasteiger partial charge < -0.3 is 54.3 Å². The molecular weight excluding hydrogens is 849 g/mol. The topological polar surface area (TPSA) is 194 Å². The smallest absolute Gasteiger partial charge is 0.407 e. The number of benzene rings is 1. The van der Waals surface area contributed by atoms with Crippen LogP contribution in [-0.4, -0.2) is 161 Å². The van der Waals surface area contributed by atoms with Crippen molar-refractivity contribution in [3.05, 3.63) is 47.2 Å². The molecule has 1 heterocycles. The number of hydrogen-bond donors (Lipinski definition) is 3. The van der Waals surface area contributed by atoms with Crippen LogP contribution in [0.2, 0.25) is 0 Å². The summed E-state index contributed by atoms with van der Waals surface area (Å²) < 4.78 is 28.0. The summed E-state index contributed by atoms with van der Waals surface area (Å²) >= 11 is 0. The summed E-state index contributed by atoms with van der Waals surface area (Å²) in [5.74, 6) is -2.99.